The number of ether oxygens (including phenoxy) is 1. The van der Waals surface area contributed by atoms with Crippen molar-refractivity contribution in [2.24, 2.45) is 5.41 Å². The van der Waals surface area contributed by atoms with Gasteiger partial charge in [0.2, 0.25) is 5.91 Å². The van der Waals surface area contributed by atoms with E-state index in [2.05, 4.69) is 37.5 Å². The van der Waals surface area contributed by atoms with Crippen LogP contribution >= 0.6 is 0 Å². The van der Waals surface area contributed by atoms with Gasteiger partial charge in [0.05, 0.1) is 29.6 Å². The van der Waals surface area contributed by atoms with Gasteiger partial charge in [-0.05, 0) is 78.6 Å². The first-order valence-corrected chi connectivity index (χ1v) is 18.5. The zero-order valence-corrected chi connectivity index (χ0v) is 31.1. The summed E-state index contributed by atoms with van der Waals surface area (Å²) in [6.07, 6.45) is 4.23. The van der Waals surface area contributed by atoms with Crippen molar-refractivity contribution >= 4 is 33.7 Å². The van der Waals surface area contributed by atoms with Gasteiger partial charge in [0.25, 0.3) is 16.0 Å². The molecular formula is C41H46F2N2O6S. The molecule has 0 heterocycles. The monoisotopic (exact) mass is 732 g/mol. The Hall–Kier alpha value is -4.71. The van der Waals surface area contributed by atoms with Crippen LogP contribution in [0.3, 0.4) is 0 Å². The highest BCUT2D eigenvalue weighted by atomic mass is 32.2. The molecule has 0 radical (unpaired) electrons. The third-order valence-corrected chi connectivity index (χ3v) is 8.70. The lowest BCUT2D eigenvalue weighted by molar-refractivity contribution is -0.117. The molecule has 0 saturated heterocycles. The number of benzene rings is 4. The molecule has 0 fully saturated rings. The van der Waals surface area contributed by atoms with Gasteiger partial charge < -0.3 is 15.4 Å². The van der Waals surface area contributed by atoms with E-state index < -0.39 is 45.2 Å². The van der Waals surface area contributed by atoms with Crippen molar-refractivity contribution < 1.29 is 36.1 Å². The predicted octanol–water partition coefficient (Wildman–Crippen LogP) is 8.59. The van der Waals surface area contributed by atoms with Crippen LogP contribution in [0.1, 0.15) is 80.1 Å². The highest BCUT2D eigenvalue weighted by molar-refractivity contribution is 7.85. The summed E-state index contributed by atoms with van der Waals surface area (Å²) in [6, 6.07) is 22.8. The Bertz CT molecular complexity index is 2000. The molecule has 8 nitrogen and oxygen atoms in total. The second kappa shape index (κ2) is 16.8. The number of carbonyl (C=O) groups excluding carboxylic acids is 2. The fourth-order valence-corrected chi connectivity index (χ4v) is 5.50. The van der Waals surface area contributed by atoms with Gasteiger partial charge in [-0.2, -0.15) is 8.42 Å². The third-order valence-electron chi connectivity index (χ3n) is 7.98. The van der Waals surface area contributed by atoms with E-state index in [1.54, 1.807) is 36.4 Å². The highest BCUT2D eigenvalue weighted by Crippen LogP contribution is 2.31. The quantitative estimate of drug-likeness (QED) is 0.118. The second-order valence-corrected chi connectivity index (χ2v) is 16.3. The smallest absolute Gasteiger partial charge is 0.266 e. The Morgan fingerprint density at radius 3 is 2.04 bits per heavy atom. The molecule has 1 unspecified atom stereocenters. The third kappa shape index (κ3) is 12.5. The zero-order valence-electron chi connectivity index (χ0n) is 30.3. The predicted molar refractivity (Wildman–Crippen MR) is 202 cm³/mol. The van der Waals surface area contributed by atoms with Crippen LogP contribution in [-0.2, 0) is 32.7 Å². The number of hydrogen-bond donors (Lipinski definition) is 3. The van der Waals surface area contributed by atoms with E-state index >= 15 is 8.78 Å². The van der Waals surface area contributed by atoms with Crippen molar-refractivity contribution in [2.75, 3.05) is 17.6 Å². The molecule has 4 rings (SSSR count). The van der Waals surface area contributed by atoms with Crippen LogP contribution in [-0.4, -0.2) is 42.7 Å². The van der Waals surface area contributed by atoms with E-state index in [1.807, 2.05) is 51.1 Å². The van der Waals surface area contributed by atoms with Gasteiger partial charge in [-0.1, -0.05) is 93.6 Å². The summed E-state index contributed by atoms with van der Waals surface area (Å²) >= 11 is 0. The van der Waals surface area contributed by atoms with Gasteiger partial charge in [-0.15, -0.1) is 0 Å². The second-order valence-electron chi connectivity index (χ2n) is 14.8. The molecule has 0 saturated carbocycles. The van der Waals surface area contributed by atoms with E-state index in [0.717, 1.165) is 23.3 Å². The van der Waals surface area contributed by atoms with Crippen LogP contribution in [0.2, 0.25) is 0 Å². The minimum atomic E-state index is -4.22. The number of rotatable bonds is 13. The SMILES string of the molecule is CC(C)(C)/C=C/c1ccc(C(Cc2ccc(C(=O)NCCS(=O)(=O)O)cc2)C(=O)Nc2cc(F)c(-c3ccc(COC(C)(C)C)cc3)cc2F)cc1. The Labute approximate surface area is 305 Å². The molecule has 0 aromatic heterocycles. The first-order valence-electron chi connectivity index (χ1n) is 16.9. The highest BCUT2D eigenvalue weighted by Gasteiger charge is 2.24. The Morgan fingerprint density at radius 1 is 0.846 bits per heavy atom. The molecule has 11 heteroatoms. The number of nitrogens with one attached hydrogen (secondary N) is 2. The van der Waals surface area contributed by atoms with E-state index in [9.17, 15) is 18.0 Å². The van der Waals surface area contributed by atoms with Crippen LogP contribution in [0.5, 0.6) is 0 Å². The van der Waals surface area contributed by atoms with E-state index in [1.165, 1.54) is 12.1 Å². The molecule has 4 aromatic carbocycles. The molecule has 3 N–H and O–H groups in total. The summed E-state index contributed by atoms with van der Waals surface area (Å²) < 4.78 is 67.6. The minimum Gasteiger partial charge on any atom is -0.371 e. The van der Waals surface area contributed by atoms with Gasteiger partial charge in [0, 0.05) is 23.7 Å². The molecule has 0 bridgehead atoms. The average Bonchev–Trinajstić information content (AvgIpc) is 3.06. The summed E-state index contributed by atoms with van der Waals surface area (Å²) in [5.41, 5.74) is 3.28. The lowest BCUT2D eigenvalue weighted by Gasteiger charge is -2.20. The number of hydrogen-bond acceptors (Lipinski definition) is 5. The fourth-order valence-electron chi connectivity index (χ4n) is 5.14. The van der Waals surface area contributed by atoms with E-state index in [4.69, 9.17) is 9.29 Å². The van der Waals surface area contributed by atoms with Crippen LogP contribution in [0.25, 0.3) is 17.2 Å². The Morgan fingerprint density at radius 2 is 1.46 bits per heavy atom. The maximum Gasteiger partial charge on any atom is 0.266 e. The lowest BCUT2D eigenvalue weighted by Crippen LogP contribution is -2.28. The van der Waals surface area contributed by atoms with Crippen LogP contribution in [0, 0.1) is 17.0 Å². The van der Waals surface area contributed by atoms with Crippen LogP contribution < -0.4 is 10.6 Å². The number of halogens is 2. The van der Waals surface area contributed by atoms with Gasteiger partial charge in [-0.25, -0.2) is 8.78 Å². The van der Waals surface area contributed by atoms with Crippen molar-refractivity contribution in [2.45, 2.75) is 66.1 Å². The van der Waals surface area contributed by atoms with Crippen molar-refractivity contribution in [1.29, 1.82) is 0 Å². The molecule has 0 spiro atoms. The molecule has 1 atom stereocenters. The summed E-state index contributed by atoms with van der Waals surface area (Å²) in [5.74, 6) is -4.02. The molecule has 276 valence electrons. The molecule has 0 aliphatic carbocycles. The van der Waals surface area contributed by atoms with Crippen molar-refractivity contribution in [3.05, 3.63) is 130 Å². The molecule has 2 amide bonds. The number of carbonyl (C=O) groups is 2. The van der Waals surface area contributed by atoms with Gasteiger partial charge in [-0.3, -0.25) is 14.1 Å². The molecule has 52 heavy (non-hydrogen) atoms. The summed E-state index contributed by atoms with van der Waals surface area (Å²) in [6.45, 7) is 12.2. The number of allylic oxidation sites excluding steroid dienone is 1. The molecule has 0 aliphatic rings. The van der Waals surface area contributed by atoms with Crippen molar-refractivity contribution in [3.8, 4) is 11.1 Å². The average molecular weight is 733 g/mol. The Kier molecular flexibility index (Phi) is 12.9. The molecule has 4 aromatic rings. The minimum absolute atomic E-state index is 0.0277. The topological polar surface area (TPSA) is 122 Å². The summed E-state index contributed by atoms with van der Waals surface area (Å²) in [7, 11) is -4.22. The molecular weight excluding hydrogens is 687 g/mol. The van der Waals surface area contributed by atoms with Gasteiger partial charge in [0.15, 0.2) is 0 Å². The lowest BCUT2D eigenvalue weighted by atomic mass is 9.89. The van der Waals surface area contributed by atoms with Crippen molar-refractivity contribution in [3.63, 3.8) is 0 Å². The molecule has 0 aliphatic heterocycles. The summed E-state index contributed by atoms with van der Waals surface area (Å²) in [4.78, 5) is 26.3. The number of anilines is 1. The first kappa shape index (κ1) is 40.1. The fraction of sp³-hybridized carbons (Fsp3) is 0.317. The largest absolute Gasteiger partial charge is 0.371 e. The Balaban J connectivity index is 1.56. The van der Waals surface area contributed by atoms with Gasteiger partial charge in [0.1, 0.15) is 11.6 Å². The zero-order chi connectivity index (χ0) is 38.3. The van der Waals surface area contributed by atoms with E-state index in [0.29, 0.717) is 23.3 Å². The maximum atomic E-state index is 15.5. The normalized spacial score (nSPS) is 12.9. The van der Waals surface area contributed by atoms with Crippen LogP contribution in [0.15, 0.2) is 91.0 Å². The standard InChI is InChI=1S/C41H46F2N2O6S/c1-40(2,3)20-19-27-7-13-31(14-8-27)34(23-28-9-17-32(18-10-28)38(46)44-21-22-52(48,49)50)39(47)45-37-25-35(42)33(24-36(37)43)30-15-11-29(12-16-30)26-51-41(4,5)6/h7-20,24-25,34H,21-23,26H2,1-6H3,(H,44,46)(H,45,47)(H,48,49,50)/b20-19+. The van der Waals surface area contributed by atoms with Crippen molar-refractivity contribution in [1.82, 2.24) is 5.32 Å². The van der Waals surface area contributed by atoms with Gasteiger partial charge >= 0.3 is 0 Å². The first-order chi connectivity index (χ1) is 24.3. The summed E-state index contributed by atoms with van der Waals surface area (Å²) in [5, 5.41) is 5.02. The van der Waals surface area contributed by atoms with Crippen LogP contribution in [0.4, 0.5) is 14.5 Å². The maximum absolute atomic E-state index is 15.5. The van der Waals surface area contributed by atoms with E-state index in [-0.39, 0.29) is 40.8 Å². The number of amides is 2.